The van der Waals surface area contributed by atoms with E-state index in [0.29, 0.717) is 11.1 Å². The van der Waals surface area contributed by atoms with Gasteiger partial charge < -0.3 is 18.8 Å². The number of carbonyl (C=O) groups excluding carboxylic acids is 2. The molecule has 1 fully saturated rings. The van der Waals surface area contributed by atoms with Crippen molar-refractivity contribution in [3.05, 3.63) is 101 Å². The first-order valence-electron chi connectivity index (χ1n) is 10.2. The maximum atomic E-state index is 12.7. The summed E-state index contributed by atoms with van der Waals surface area (Å²) in [5, 5.41) is 0. The summed E-state index contributed by atoms with van der Waals surface area (Å²) in [7, 11) is 0. The number of benzene rings is 2. The number of hydrogen-bond donors (Lipinski definition) is 0. The molecule has 8 heteroatoms. The highest BCUT2D eigenvalue weighted by molar-refractivity contribution is 5.90. The third-order valence-corrected chi connectivity index (χ3v) is 5.29. The fraction of sp³-hybridized carbons (Fsp3) is 0.250. The van der Waals surface area contributed by atoms with E-state index in [-0.39, 0.29) is 18.1 Å². The molecule has 1 aliphatic rings. The Labute approximate surface area is 184 Å². The minimum atomic E-state index is -0.699. The lowest BCUT2D eigenvalue weighted by Gasteiger charge is -2.21. The van der Waals surface area contributed by atoms with E-state index in [9.17, 15) is 14.4 Å². The molecule has 4 atom stereocenters. The number of rotatable bonds is 6. The van der Waals surface area contributed by atoms with Crippen molar-refractivity contribution < 1.29 is 23.8 Å². The molecule has 1 aliphatic heterocycles. The first kappa shape index (κ1) is 21.5. The number of aromatic nitrogens is 2. The number of ether oxygens (including phenoxy) is 3. The highest BCUT2D eigenvalue weighted by Gasteiger charge is 2.46. The van der Waals surface area contributed by atoms with Crippen molar-refractivity contribution in [1.29, 1.82) is 0 Å². The number of nitrogens with zero attached hydrogens (tertiary/aromatic N) is 2. The highest BCUT2D eigenvalue weighted by atomic mass is 16.6. The van der Waals surface area contributed by atoms with E-state index < -0.39 is 30.4 Å². The van der Waals surface area contributed by atoms with E-state index in [0.717, 1.165) is 0 Å². The maximum Gasteiger partial charge on any atom is 0.338 e. The fourth-order valence-corrected chi connectivity index (χ4v) is 3.63. The van der Waals surface area contributed by atoms with Crippen molar-refractivity contribution in [1.82, 2.24) is 9.55 Å². The summed E-state index contributed by atoms with van der Waals surface area (Å²) in [6.07, 6.45) is 0.991. The van der Waals surface area contributed by atoms with Gasteiger partial charge in [-0.3, -0.25) is 4.79 Å². The molecule has 0 saturated carbocycles. The second-order valence-electron chi connectivity index (χ2n) is 7.47. The van der Waals surface area contributed by atoms with Gasteiger partial charge in [0.15, 0.2) is 0 Å². The van der Waals surface area contributed by atoms with Crippen LogP contribution in [0.5, 0.6) is 0 Å². The molecule has 4 rings (SSSR count). The Balaban J connectivity index is 1.53. The van der Waals surface area contributed by atoms with E-state index in [1.807, 2.05) is 13.0 Å². The Hall–Kier alpha value is -3.78. The van der Waals surface area contributed by atoms with Crippen molar-refractivity contribution in [3.63, 3.8) is 0 Å². The van der Waals surface area contributed by atoms with Crippen molar-refractivity contribution >= 4 is 11.9 Å². The van der Waals surface area contributed by atoms with Gasteiger partial charge >= 0.3 is 11.9 Å². The van der Waals surface area contributed by atoms with E-state index >= 15 is 0 Å². The molecule has 0 aliphatic carbocycles. The first-order valence-corrected chi connectivity index (χ1v) is 10.2. The van der Waals surface area contributed by atoms with Gasteiger partial charge in [-0.05, 0) is 24.3 Å². The zero-order valence-electron chi connectivity index (χ0n) is 17.4. The Morgan fingerprint density at radius 2 is 1.59 bits per heavy atom. The molecule has 164 valence electrons. The van der Waals surface area contributed by atoms with Crippen LogP contribution in [0.3, 0.4) is 0 Å². The van der Waals surface area contributed by atoms with Gasteiger partial charge in [-0.2, -0.15) is 4.98 Å². The molecule has 8 nitrogen and oxygen atoms in total. The summed E-state index contributed by atoms with van der Waals surface area (Å²) in [4.78, 5) is 40.2. The van der Waals surface area contributed by atoms with Crippen molar-refractivity contribution in [3.8, 4) is 0 Å². The first-order chi connectivity index (χ1) is 15.5. The minimum absolute atomic E-state index is 0.102. The molecule has 0 radical (unpaired) electrons. The van der Waals surface area contributed by atoms with E-state index in [1.54, 1.807) is 65.4 Å². The SMILES string of the molecule is CC1[C@H](OC(=O)c2ccccc2)[C@H](COC(=O)c2ccccc2)O[C@@H]1n1ccc(=O)nc1. The summed E-state index contributed by atoms with van der Waals surface area (Å²) in [6.45, 7) is 1.76. The van der Waals surface area contributed by atoms with Crippen molar-refractivity contribution in [2.75, 3.05) is 6.61 Å². The van der Waals surface area contributed by atoms with Crippen LogP contribution in [-0.2, 0) is 14.2 Å². The average Bonchev–Trinajstić information content (AvgIpc) is 3.14. The highest BCUT2D eigenvalue weighted by Crippen LogP contribution is 2.36. The third kappa shape index (κ3) is 4.76. The van der Waals surface area contributed by atoms with Gasteiger partial charge in [0.1, 0.15) is 31.4 Å². The number of hydrogen-bond acceptors (Lipinski definition) is 7. The molecule has 0 N–H and O–H groups in total. The minimum Gasteiger partial charge on any atom is -0.459 e. The van der Waals surface area contributed by atoms with Crippen LogP contribution in [0.15, 0.2) is 84.0 Å². The zero-order chi connectivity index (χ0) is 22.5. The smallest absolute Gasteiger partial charge is 0.338 e. The van der Waals surface area contributed by atoms with Crippen LogP contribution in [0.2, 0.25) is 0 Å². The summed E-state index contributed by atoms with van der Waals surface area (Å²) in [5.74, 6) is -1.29. The molecular weight excluding hydrogens is 412 g/mol. The largest absolute Gasteiger partial charge is 0.459 e. The summed E-state index contributed by atoms with van der Waals surface area (Å²) < 4.78 is 19.0. The third-order valence-electron chi connectivity index (χ3n) is 5.29. The van der Waals surface area contributed by atoms with E-state index in [2.05, 4.69) is 4.98 Å². The second kappa shape index (κ2) is 9.57. The second-order valence-corrected chi connectivity index (χ2v) is 7.47. The van der Waals surface area contributed by atoms with Crippen LogP contribution in [0, 0.1) is 5.92 Å². The predicted octanol–water partition coefficient (Wildman–Crippen LogP) is 2.86. The number of esters is 2. The predicted molar refractivity (Wildman–Crippen MR) is 114 cm³/mol. The molecule has 1 saturated heterocycles. The molecule has 32 heavy (non-hydrogen) atoms. The lowest BCUT2D eigenvalue weighted by molar-refractivity contribution is -0.0579. The Kier molecular flexibility index (Phi) is 6.42. The van der Waals surface area contributed by atoms with Crippen LogP contribution in [0.25, 0.3) is 0 Å². The molecule has 1 aromatic heterocycles. The van der Waals surface area contributed by atoms with Crippen LogP contribution < -0.4 is 5.56 Å². The molecule has 0 amide bonds. The van der Waals surface area contributed by atoms with Crippen LogP contribution in [-0.4, -0.2) is 40.3 Å². The number of carbonyl (C=O) groups is 2. The summed E-state index contributed by atoms with van der Waals surface area (Å²) in [6, 6.07) is 18.6. The molecule has 0 bridgehead atoms. The van der Waals surface area contributed by atoms with Crippen molar-refractivity contribution in [2.24, 2.45) is 5.92 Å². The topological polar surface area (TPSA) is 96.7 Å². The van der Waals surface area contributed by atoms with E-state index in [1.165, 1.54) is 12.4 Å². The maximum absolute atomic E-state index is 12.7. The van der Waals surface area contributed by atoms with Gasteiger partial charge in [0, 0.05) is 18.2 Å². The molecule has 2 heterocycles. The standard InChI is InChI=1S/C24H22N2O6/c1-16-21(32-24(29)18-10-6-3-7-11-18)19(14-30-23(28)17-8-4-2-5-9-17)31-22(16)26-13-12-20(27)25-15-26/h2-13,15-16,19,21-22H,14H2,1H3/t16?,19-,21-,22-/m0/s1. The average molecular weight is 434 g/mol. The lowest BCUT2D eigenvalue weighted by Crippen LogP contribution is -2.35. The summed E-state index contributed by atoms with van der Waals surface area (Å²) in [5.41, 5.74) is 0.457. The summed E-state index contributed by atoms with van der Waals surface area (Å²) >= 11 is 0. The molecule has 0 spiro atoms. The molecule has 3 aromatic rings. The molecule has 1 unspecified atom stereocenters. The van der Waals surface area contributed by atoms with Gasteiger partial charge in [-0.25, -0.2) is 9.59 Å². The monoisotopic (exact) mass is 434 g/mol. The van der Waals surface area contributed by atoms with Gasteiger partial charge in [0.2, 0.25) is 0 Å². The zero-order valence-corrected chi connectivity index (χ0v) is 17.4. The molecule has 2 aromatic carbocycles. The van der Waals surface area contributed by atoms with E-state index in [4.69, 9.17) is 14.2 Å². The quantitative estimate of drug-likeness (QED) is 0.551. The van der Waals surface area contributed by atoms with Crippen molar-refractivity contribution in [2.45, 2.75) is 25.4 Å². The Morgan fingerprint density at radius 3 is 2.19 bits per heavy atom. The lowest BCUT2D eigenvalue weighted by atomic mass is 10.0. The van der Waals surface area contributed by atoms with Crippen LogP contribution >= 0.6 is 0 Å². The normalized spacial score (nSPS) is 22.3. The van der Waals surface area contributed by atoms with Gasteiger partial charge in [0.05, 0.1) is 11.1 Å². The van der Waals surface area contributed by atoms with Crippen LogP contribution in [0.4, 0.5) is 0 Å². The Morgan fingerprint density at radius 1 is 0.969 bits per heavy atom. The van der Waals surface area contributed by atoms with Gasteiger partial charge in [0.25, 0.3) is 5.56 Å². The van der Waals surface area contributed by atoms with Gasteiger partial charge in [-0.15, -0.1) is 0 Å². The molecular formula is C24H22N2O6. The fourth-order valence-electron chi connectivity index (χ4n) is 3.63. The van der Waals surface area contributed by atoms with Crippen LogP contribution in [0.1, 0.15) is 33.9 Å². The van der Waals surface area contributed by atoms with Gasteiger partial charge in [-0.1, -0.05) is 43.3 Å². The Bertz CT molecular complexity index is 1110.